The van der Waals surface area contributed by atoms with Crippen molar-refractivity contribution in [2.24, 2.45) is 0 Å². The number of rotatable bonds is 3. The zero-order valence-corrected chi connectivity index (χ0v) is 20.3. The third-order valence-electron chi connectivity index (χ3n) is 7.73. The summed E-state index contributed by atoms with van der Waals surface area (Å²) in [5.41, 5.74) is 9.30. The zero-order valence-electron chi connectivity index (χ0n) is 20.3. The average molecular weight is 472 g/mol. The first kappa shape index (κ1) is 21.1. The summed E-state index contributed by atoms with van der Waals surface area (Å²) in [6.07, 6.45) is 8.54. The molecule has 0 bridgehead atoms. The lowest BCUT2D eigenvalue weighted by Gasteiger charge is -2.34. The van der Waals surface area contributed by atoms with Gasteiger partial charge < -0.3 is 9.47 Å². The molecule has 1 aliphatic heterocycles. The van der Waals surface area contributed by atoms with Gasteiger partial charge in [-0.3, -0.25) is 4.98 Å². The molecule has 0 fully saturated rings. The molecular weight excluding hydrogens is 445 g/mol. The summed E-state index contributed by atoms with van der Waals surface area (Å²) in [5, 5.41) is 2.46. The van der Waals surface area contributed by atoms with Crippen LogP contribution in [-0.4, -0.2) is 15.7 Å². The van der Waals surface area contributed by atoms with Crippen LogP contribution in [0.15, 0.2) is 109 Å². The molecule has 3 heterocycles. The van der Waals surface area contributed by atoms with E-state index in [0.29, 0.717) is 6.42 Å². The lowest BCUT2D eigenvalue weighted by molar-refractivity contribution is 0.400. The highest BCUT2D eigenvalue weighted by atomic mass is 19.1. The average Bonchev–Trinajstić information content (AvgIpc) is 3.24. The number of allylic oxidation sites excluding steroid dienone is 3. The maximum absolute atomic E-state index is 13.9. The Bertz CT molecular complexity index is 1710. The monoisotopic (exact) mass is 471 g/mol. The fraction of sp³-hybridized carbons (Fsp3) is 0.156. The first-order chi connectivity index (χ1) is 17.5. The number of anilines is 2. The number of alkyl halides is 1. The minimum atomic E-state index is -0.933. The Balaban J connectivity index is 1.51. The second-order valence-electron chi connectivity index (χ2n) is 10.2. The molecular formula is C32H26FN3. The van der Waals surface area contributed by atoms with Gasteiger partial charge in [0.25, 0.3) is 0 Å². The van der Waals surface area contributed by atoms with E-state index in [1.165, 1.54) is 38.6 Å². The lowest BCUT2D eigenvalue weighted by atomic mass is 9.75. The quantitative estimate of drug-likeness (QED) is 0.265. The third kappa shape index (κ3) is 2.94. The van der Waals surface area contributed by atoms with E-state index in [1.54, 1.807) is 18.5 Å². The van der Waals surface area contributed by atoms with E-state index < -0.39 is 6.17 Å². The Hall–Kier alpha value is -4.18. The molecule has 2 aliphatic rings. The van der Waals surface area contributed by atoms with Crippen LogP contribution in [0.1, 0.15) is 31.4 Å². The van der Waals surface area contributed by atoms with Crippen molar-refractivity contribution in [1.29, 1.82) is 0 Å². The van der Waals surface area contributed by atoms with E-state index in [1.807, 2.05) is 24.3 Å². The SMILES string of the molecule is CC1(C)c2ccccc2-n2c3ccc(N(C4=CCC(F)C=C4)c4ccncc4)cc3c3cccc1c32. The molecule has 1 atom stereocenters. The molecule has 1 unspecified atom stereocenters. The highest BCUT2D eigenvalue weighted by Gasteiger charge is 2.34. The van der Waals surface area contributed by atoms with Crippen LogP contribution in [-0.2, 0) is 5.41 Å². The topological polar surface area (TPSA) is 21.1 Å². The number of nitrogens with zero attached hydrogens (tertiary/aromatic N) is 3. The van der Waals surface area contributed by atoms with Gasteiger partial charge in [-0.15, -0.1) is 0 Å². The number of pyridine rings is 1. The molecule has 36 heavy (non-hydrogen) atoms. The Morgan fingerprint density at radius 3 is 2.50 bits per heavy atom. The highest BCUT2D eigenvalue weighted by molar-refractivity contribution is 6.12. The van der Waals surface area contributed by atoms with Gasteiger partial charge in [-0.25, -0.2) is 4.39 Å². The molecule has 0 amide bonds. The van der Waals surface area contributed by atoms with E-state index in [4.69, 9.17) is 0 Å². The number of aromatic nitrogens is 2. The molecule has 3 nitrogen and oxygen atoms in total. The lowest BCUT2D eigenvalue weighted by Crippen LogP contribution is -2.26. The molecule has 0 N–H and O–H groups in total. The van der Waals surface area contributed by atoms with E-state index in [-0.39, 0.29) is 5.41 Å². The van der Waals surface area contributed by atoms with Crippen molar-refractivity contribution in [2.45, 2.75) is 31.9 Å². The number of hydrogen-bond donors (Lipinski definition) is 0. The molecule has 0 saturated heterocycles. The molecule has 176 valence electrons. The van der Waals surface area contributed by atoms with E-state index in [9.17, 15) is 4.39 Å². The number of halogens is 1. The Kier molecular flexibility index (Phi) is 4.50. The van der Waals surface area contributed by atoms with Crippen molar-refractivity contribution >= 4 is 33.2 Å². The molecule has 0 spiro atoms. The molecule has 0 saturated carbocycles. The maximum Gasteiger partial charge on any atom is 0.122 e. The molecule has 2 aromatic heterocycles. The number of hydrogen-bond acceptors (Lipinski definition) is 2. The van der Waals surface area contributed by atoms with Crippen LogP contribution < -0.4 is 4.90 Å². The van der Waals surface area contributed by atoms with Crippen molar-refractivity contribution in [2.75, 3.05) is 4.90 Å². The normalized spacial score (nSPS) is 17.8. The molecule has 4 heteroatoms. The summed E-state index contributed by atoms with van der Waals surface area (Å²) >= 11 is 0. The van der Waals surface area contributed by atoms with Gasteiger partial charge >= 0.3 is 0 Å². The molecule has 5 aromatic rings. The van der Waals surface area contributed by atoms with E-state index in [0.717, 1.165) is 17.1 Å². The van der Waals surface area contributed by atoms with Crippen LogP contribution in [0.2, 0.25) is 0 Å². The summed E-state index contributed by atoms with van der Waals surface area (Å²) in [6.45, 7) is 4.64. The van der Waals surface area contributed by atoms with Crippen LogP contribution in [0.4, 0.5) is 15.8 Å². The number of benzene rings is 3. The highest BCUT2D eigenvalue weighted by Crippen LogP contribution is 2.48. The Labute approximate surface area is 209 Å². The predicted octanol–water partition coefficient (Wildman–Crippen LogP) is 8.14. The first-order valence-corrected chi connectivity index (χ1v) is 12.4. The van der Waals surface area contributed by atoms with Crippen LogP contribution >= 0.6 is 0 Å². The summed E-state index contributed by atoms with van der Waals surface area (Å²) < 4.78 is 16.3. The van der Waals surface area contributed by atoms with Crippen LogP contribution in [0.5, 0.6) is 0 Å². The van der Waals surface area contributed by atoms with Gasteiger partial charge in [0.1, 0.15) is 6.17 Å². The number of para-hydroxylation sites is 2. The van der Waals surface area contributed by atoms with Gasteiger partial charge in [-0.1, -0.05) is 56.3 Å². The van der Waals surface area contributed by atoms with E-state index >= 15 is 0 Å². The maximum atomic E-state index is 13.9. The second-order valence-corrected chi connectivity index (χ2v) is 10.2. The van der Waals surface area contributed by atoms with Crippen molar-refractivity contribution in [1.82, 2.24) is 9.55 Å². The Morgan fingerprint density at radius 1 is 0.889 bits per heavy atom. The van der Waals surface area contributed by atoms with E-state index in [2.05, 4.69) is 89.0 Å². The summed E-state index contributed by atoms with van der Waals surface area (Å²) in [6, 6.07) is 26.1. The molecule has 7 rings (SSSR count). The van der Waals surface area contributed by atoms with Gasteiger partial charge in [-0.2, -0.15) is 0 Å². The first-order valence-electron chi connectivity index (χ1n) is 12.4. The van der Waals surface area contributed by atoms with Crippen molar-refractivity contribution in [3.63, 3.8) is 0 Å². The predicted molar refractivity (Wildman–Crippen MR) is 146 cm³/mol. The minimum Gasteiger partial charge on any atom is -0.311 e. The summed E-state index contributed by atoms with van der Waals surface area (Å²) in [4.78, 5) is 6.40. The van der Waals surface area contributed by atoms with Gasteiger partial charge in [-0.05, 0) is 59.7 Å². The van der Waals surface area contributed by atoms with Gasteiger partial charge in [0, 0.05) is 52.1 Å². The fourth-order valence-electron chi connectivity index (χ4n) is 5.98. The molecule has 0 radical (unpaired) electrons. The van der Waals surface area contributed by atoms with Crippen LogP contribution in [0, 0.1) is 0 Å². The van der Waals surface area contributed by atoms with Gasteiger partial charge in [0.15, 0.2) is 0 Å². The molecule has 3 aromatic carbocycles. The standard InChI is InChI=1S/C32H26FN3/c1-32(2)27-7-3-4-9-30(27)36-29-15-14-24(20-26(29)25-6-5-8-28(32)31(25)36)35(23-16-18-34-19-17-23)22-12-10-21(33)11-13-22/h3-10,12-21H,11H2,1-2H3. The molecule has 1 aliphatic carbocycles. The van der Waals surface area contributed by atoms with Gasteiger partial charge in [0.2, 0.25) is 0 Å². The Morgan fingerprint density at radius 2 is 1.69 bits per heavy atom. The van der Waals surface area contributed by atoms with Gasteiger partial charge in [0.05, 0.1) is 16.7 Å². The minimum absolute atomic E-state index is 0.0903. The number of fused-ring (bicyclic) bond motifs is 5. The van der Waals surface area contributed by atoms with Crippen LogP contribution in [0.3, 0.4) is 0 Å². The smallest absolute Gasteiger partial charge is 0.122 e. The summed E-state index contributed by atoms with van der Waals surface area (Å²) in [5.74, 6) is 0. The van der Waals surface area contributed by atoms with Crippen molar-refractivity contribution in [3.05, 3.63) is 120 Å². The zero-order chi connectivity index (χ0) is 24.4. The largest absolute Gasteiger partial charge is 0.311 e. The second kappa shape index (κ2) is 7.66. The van der Waals surface area contributed by atoms with Crippen LogP contribution in [0.25, 0.3) is 27.5 Å². The third-order valence-corrected chi connectivity index (χ3v) is 7.73. The fourth-order valence-corrected chi connectivity index (χ4v) is 5.98. The van der Waals surface area contributed by atoms with Crippen molar-refractivity contribution in [3.8, 4) is 5.69 Å². The summed E-state index contributed by atoms with van der Waals surface area (Å²) in [7, 11) is 0. The van der Waals surface area contributed by atoms with Crippen molar-refractivity contribution < 1.29 is 4.39 Å².